The predicted octanol–water partition coefficient (Wildman–Crippen LogP) is 2.14. The van der Waals surface area contributed by atoms with Crippen LogP contribution in [0.4, 0.5) is 0 Å². The molecule has 1 rings (SSSR count). The number of halogens is 1. The van der Waals surface area contributed by atoms with Crippen LogP contribution in [0, 0.1) is 0 Å². The van der Waals surface area contributed by atoms with Crippen molar-refractivity contribution in [1.29, 1.82) is 0 Å². The zero-order valence-electron chi connectivity index (χ0n) is 9.33. The third kappa shape index (κ3) is 4.23. The van der Waals surface area contributed by atoms with Crippen molar-refractivity contribution in [1.82, 2.24) is 5.32 Å². The van der Waals surface area contributed by atoms with Crippen molar-refractivity contribution in [3.8, 4) is 5.75 Å². The second-order valence-electron chi connectivity index (χ2n) is 3.38. The van der Waals surface area contributed by atoms with Gasteiger partial charge in [-0.1, -0.05) is 34.1 Å². The van der Waals surface area contributed by atoms with Crippen LogP contribution in [0.2, 0.25) is 0 Å². The lowest BCUT2D eigenvalue weighted by Crippen LogP contribution is -2.26. The first-order chi connectivity index (χ1) is 7.77. The normalized spacial score (nSPS) is 9.88. The molecule has 4 heteroatoms. The summed E-state index contributed by atoms with van der Waals surface area (Å²) in [4.78, 5) is 11.6. The van der Waals surface area contributed by atoms with Gasteiger partial charge in [0.15, 0.2) is 0 Å². The number of rotatable bonds is 6. The van der Waals surface area contributed by atoms with Gasteiger partial charge in [-0.05, 0) is 12.5 Å². The molecule has 0 aliphatic carbocycles. The molecule has 16 heavy (non-hydrogen) atoms. The lowest BCUT2D eigenvalue weighted by Gasteiger charge is -2.08. The number of ether oxygens (including phenoxy) is 1. The maximum absolute atomic E-state index is 11.6. The van der Waals surface area contributed by atoms with Crippen molar-refractivity contribution in [3.63, 3.8) is 0 Å². The minimum absolute atomic E-state index is 0.0328. The number of hydrogen-bond donors (Lipinski definition) is 1. The van der Waals surface area contributed by atoms with Crippen molar-refractivity contribution in [2.24, 2.45) is 0 Å². The number of carbonyl (C=O) groups is 1. The summed E-state index contributed by atoms with van der Waals surface area (Å²) >= 11 is 3.32. The van der Waals surface area contributed by atoms with Crippen LogP contribution in [0.1, 0.15) is 12.0 Å². The predicted molar refractivity (Wildman–Crippen MR) is 68.1 cm³/mol. The van der Waals surface area contributed by atoms with Gasteiger partial charge in [-0.3, -0.25) is 4.79 Å². The summed E-state index contributed by atoms with van der Waals surface area (Å²) in [6.07, 6.45) is 1.31. The number of hydrogen-bond acceptors (Lipinski definition) is 2. The summed E-state index contributed by atoms with van der Waals surface area (Å²) in [6, 6.07) is 7.57. The Bertz CT molecular complexity index is 342. The summed E-state index contributed by atoms with van der Waals surface area (Å²) in [6.45, 7) is 0.708. The average molecular weight is 286 g/mol. The van der Waals surface area contributed by atoms with Gasteiger partial charge in [0.2, 0.25) is 5.91 Å². The molecule has 1 aromatic rings. The second kappa shape index (κ2) is 7.28. The fraction of sp³-hybridized carbons (Fsp3) is 0.417. The molecule has 0 fully saturated rings. The molecule has 0 saturated carbocycles. The molecule has 0 aliphatic rings. The first-order valence-corrected chi connectivity index (χ1v) is 6.34. The van der Waals surface area contributed by atoms with E-state index in [1.54, 1.807) is 7.11 Å². The highest BCUT2D eigenvalue weighted by atomic mass is 79.9. The molecule has 0 spiro atoms. The van der Waals surface area contributed by atoms with Crippen LogP contribution in [0.25, 0.3) is 0 Å². The van der Waals surface area contributed by atoms with Crippen molar-refractivity contribution in [2.45, 2.75) is 12.8 Å². The average Bonchev–Trinajstić information content (AvgIpc) is 2.30. The summed E-state index contributed by atoms with van der Waals surface area (Å²) in [5.41, 5.74) is 0.918. The number of alkyl halides is 1. The van der Waals surface area contributed by atoms with Crippen LogP contribution in [0.15, 0.2) is 24.3 Å². The van der Waals surface area contributed by atoms with E-state index in [0.717, 1.165) is 23.1 Å². The molecule has 0 radical (unpaired) electrons. The molecule has 0 unspecified atom stereocenters. The fourth-order valence-electron chi connectivity index (χ4n) is 1.38. The van der Waals surface area contributed by atoms with Gasteiger partial charge >= 0.3 is 0 Å². The zero-order chi connectivity index (χ0) is 11.8. The molecular formula is C12H16BrNO2. The van der Waals surface area contributed by atoms with Crippen LogP contribution in [-0.2, 0) is 11.2 Å². The molecular weight excluding hydrogens is 270 g/mol. The number of para-hydroxylation sites is 1. The Morgan fingerprint density at radius 1 is 1.44 bits per heavy atom. The third-order valence-electron chi connectivity index (χ3n) is 2.18. The highest BCUT2D eigenvalue weighted by Gasteiger charge is 2.06. The molecule has 3 nitrogen and oxygen atoms in total. The number of carbonyl (C=O) groups excluding carboxylic acids is 1. The number of benzene rings is 1. The van der Waals surface area contributed by atoms with Gasteiger partial charge in [0.1, 0.15) is 5.75 Å². The summed E-state index contributed by atoms with van der Waals surface area (Å²) < 4.78 is 5.18. The van der Waals surface area contributed by atoms with E-state index in [9.17, 15) is 4.79 Å². The van der Waals surface area contributed by atoms with E-state index < -0.39 is 0 Å². The lowest BCUT2D eigenvalue weighted by molar-refractivity contribution is -0.120. The molecule has 0 aliphatic heterocycles. The van der Waals surface area contributed by atoms with Crippen LogP contribution >= 0.6 is 15.9 Å². The minimum atomic E-state index is 0.0328. The first-order valence-electron chi connectivity index (χ1n) is 5.22. The van der Waals surface area contributed by atoms with Crippen LogP contribution in [0.5, 0.6) is 5.75 Å². The molecule has 1 amide bonds. The van der Waals surface area contributed by atoms with Gasteiger partial charge < -0.3 is 10.1 Å². The Balaban J connectivity index is 2.49. The number of nitrogens with one attached hydrogen (secondary N) is 1. The maximum Gasteiger partial charge on any atom is 0.224 e. The smallest absolute Gasteiger partial charge is 0.224 e. The second-order valence-corrected chi connectivity index (χ2v) is 4.17. The largest absolute Gasteiger partial charge is 0.496 e. The van der Waals surface area contributed by atoms with E-state index in [4.69, 9.17) is 4.74 Å². The zero-order valence-corrected chi connectivity index (χ0v) is 10.9. The molecule has 1 aromatic carbocycles. The first kappa shape index (κ1) is 13.0. The van der Waals surface area contributed by atoms with E-state index >= 15 is 0 Å². The molecule has 0 bridgehead atoms. The lowest BCUT2D eigenvalue weighted by atomic mass is 10.1. The molecule has 0 atom stereocenters. The highest BCUT2D eigenvalue weighted by Crippen LogP contribution is 2.17. The monoisotopic (exact) mass is 285 g/mol. The topological polar surface area (TPSA) is 38.3 Å². The molecule has 1 N–H and O–H groups in total. The molecule has 0 saturated heterocycles. The van der Waals surface area contributed by atoms with E-state index in [1.165, 1.54) is 0 Å². The quantitative estimate of drug-likeness (QED) is 0.642. The van der Waals surface area contributed by atoms with Gasteiger partial charge in [0, 0.05) is 17.4 Å². The van der Waals surface area contributed by atoms with Gasteiger partial charge in [0.05, 0.1) is 13.5 Å². The van der Waals surface area contributed by atoms with Gasteiger partial charge in [0.25, 0.3) is 0 Å². The van der Waals surface area contributed by atoms with Crippen molar-refractivity contribution >= 4 is 21.8 Å². The number of amides is 1. The van der Waals surface area contributed by atoms with E-state index in [0.29, 0.717) is 13.0 Å². The number of methoxy groups -OCH3 is 1. The van der Waals surface area contributed by atoms with E-state index in [-0.39, 0.29) is 5.91 Å². The van der Waals surface area contributed by atoms with Gasteiger partial charge in [-0.15, -0.1) is 0 Å². The molecule has 0 heterocycles. The molecule has 0 aromatic heterocycles. The SMILES string of the molecule is COc1ccccc1CC(=O)NCCCBr. The van der Waals surface area contributed by atoms with Crippen LogP contribution in [-0.4, -0.2) is 24.9 Å². The maximum atomic E-state index is 11.6. The van der Waals surface area contributed by atoms with Crippen molar-refractivity contribution in [2.75, 3.05) is 19.0 Å². The van der Waals surface area contributed by atoms with Crippen LogP contribution < -0.4 is 10.1 Å². The third-order valence-corrected chi connectivity index (χ3v) is 2.74. The standard InChI is InChI=1S/C12H16BrNO2/c1-16-11-6-3-2-5-10(11)9-12(15)14-8-4-7-13/h2-3,5-6H,4,7-9H2,1H3,(H,14,15). The summed E-state index contributed by atoms with van der Waals surface area (Å²) in [5.74, 6) is 0.795. The van der Waals surface area contributed by atoms with E-state index in [2.05, 4.69) is 21.2 Å². The minimum Gasteiger partial charge on any atom is -0.496 e. The Hall–Kier alpha value is -1.03. The Morgan fingerprint density at radius 2 is 2.19 bits per heavy atom. The summed E-state index contributed by atoms with van der Waals surface area (Å²) in [7, 11) is 1.61. The molecule has 88 valence electrons. The Labute approximate surface area is 104 Å². The van der Waals surface area contributed by atoms with Gasteiger partial charge in [-0.25, -0.2) is 0 Å². The van der Waals surface area contributed by atoms with Crippen molar-refractivity contribution in [3.05, 3.63) is 29.8 Å². The van der Waals surface area contributed by atoms with Crippen LogP contribution in [0.3, 0.4) is 0 Å². The van der Waals surface area contributed by atoms with Gasteiger partial charge in [-0.2, -0.15) is 0 Å². The Morgan fingerprint density at radius 3 is 2.88 bits per heavy atom. The highest BCUT2D eigenvalue weighted by molar-refractivity contribution is 9.09. The summed E-state index contributed by atoms with van der Waals surface area (Å²) in [5, 5.41) is 3.76. The van der Waals surface area contributed by atoms with Crippen molar-refractivity contribution < 1.29 is 9.53 Å². The van der Waals surface area contributed by atoms with E-state index in [1.807, 2.05) is 24.3 Å². The Kier molecular flexibility index (Phi) is 5.93. The fourth-order valence-corrected chi connectivity index (χ4v) is 1.66.